The highest BCUT2D eigenvalue weighted by atomic mass is 35.5. The largest absolute Gasteiger partial charge is 0.497 e. The molecule has 1 amide bonds. The summed E-state index contributed by atoms with van der Waals surface area (Å²) in [6, 6.07) is 11.2. The minimum absolute atomic E-state index is 0.0494. The summed E-state index contributed by atoms with van der Waals surface area (Å²) in [7, 11) is 1.53. The third-order valence-electron chi connectivity index (χ3n) is 7.03. The Morgan fingerprint density at radius 2 is 2.00 bits per heavy atom. The van der Waals surface area contributed by atoms with Crippen LogP contribution < -0.4 is 10.2 Å². The fraction of sp³-hybridized carbons (Fsp3) is 0.357. The van der Waals surface area contributed by atoms with Gasteiger partial charge in [-0.15, -0.1) is 0 Å². The molecule has 1 aliphatic rings. The number of amides is 1. The third kappa shape index (κ3) is 6.19. The fourth-order valence-corrected chi connectivity index (χ4v) is 5.06. The topological polar surface area (TPSA) is 74.7 Å². The van der Waals surface area contributed by atoms with E-state index in [4.69, 9.17) is 16.3 Å². The Balaban J connectivity index is 1.44. The maximum absolute atomic E-state index is 15.7. The standard InChI is InChI=1S/C28H28ClF2N3O3/c1-37-21-8-9-25-22(17-21)26(23(29)18-32-25)24(31)10-11-28(27(35)33-36)12-15-34(16-13-28)14-2-3-19-4-6-20(30)7-5-19/h4-9,17-18,24,36H,10-16H2,1H3,(H,33,35)/t24-/m1/s1. The maximum Gasteiger partial charge on any atom is 0.249 e. The number of rotatable bonds is 7. The molecule has 0 radical (unpaired) electrons. The number of hydrogen-bond acceptors (Lipinski definition) is 5. The first-order valence-corrected chi connectivity index (χ1v) is 12.4. The molecule has 1 fully saturated rings. The number of benzene rings is 2. The molecule has 4 rings (SSSR count). The molecular formula is C28H28ClF2N3O3. The van der Waals surface area contributed by atoms with Gasteiger partial charge in [-0.3, -0.25) is 19.9 Å². The minimum atomic E-state index is -1.44. The van der Waals surface area contributed by atoms with E-state index in [0.29, 0.717) is 54.7 Å². The molecule has 6 nitrogen and oxygen atoms in total. The predicted octanol–water partition coefficient (Wildman–Crippen LogP) is 5.47. The van der Waals surface area contributed by atoms with Gasteiger partial charge in [0.05, 0.1) is 29.6 Å². The number of halogens is 3. The predicted molar refractivity (Wildman–Crippen MR) is 138 cm³/mol. The molecule has 9 heteroatoms. The lowest BCUT2D eigenvalue weighted by molar-refractivity contribution is -0.143. The number of aromatic nitrogens is 1. The van der Waals surface area contributed by atoms with Gasteiger partial charge in [0.1, 0.15) is 17.7 Å². The number of carbonyl (C=O) groups excluding carboxylic acids is 1. The zero-order valence-corrected chi connectivity index (χ0v) is 21.2. The van der Waals surface area contributed by atoms with Crippen molar-refractivity contribution in [2.24, 2.45) is 5.41 Å². The number of likely N-dealkylation sites (tertiary alicyclic amines) is 1. The molecule has 1 saturated heterocycles. The Morgan fingerprint density at radius 1 is 1.27 bits per heavy atom. The van der Waals surface area contributed by atoms with Crippen LogP contribution in [0.15, 0.2) is 48.7 Å². The van der Waals surface area contributed by atoms with Crippen molar-refractivity contribution in [1.29, 1.82) is 0 Å². The molecule has 2 aromatic carbocycles. The van der Waals surface area contributed by atoms with Crippen molar-refractivity contribution in [1.82, 2.24) is 15.4 Å². The van der Waals surface area contributed by atoms with Gasteiger partial charge < -0.3 is 4.74 Å². The first kappa shape index (κ1) is 26.8. The summed E-state index contributed by atoms with van der Waals surface area (Å²) in [6.45, 7) is 1.62. The number of methoxy groups -OCH3 is 1. The lowest BCUT2D eigenvalue weighted by atomic mass is 9.73. The second-order valence-electron chi connectivity index (χ2n) is 9.22. The van der Waals surface area contributed by atoms with E-state index in [1.165, 1.54) is 25.4 Å². The zero-order valence-electron chi connectivity index (χ0n) is 20.4. The van der Waals surface area contributed by atoms with Crippen LogP contribution in [-0.4, -0.2) is 47.7 Å². The molecule has 1 aromatic heterocycles. The number of fused-ring (bicyclic) bond motifs is 1. The Hall–Kier alpha value is -3.25. The summed E-state index contributed by atoms with van der Waals surface area (Å²) in [4.78, 5) is 19.1. The van der Waals surface area contributed by atoms with Crippen molar-refractivity contribution in [2.45, 2.75) is 31.9 Å². The number of pyridine rings is 1. The Kier molecular flexibility index (Phi) is 8.59. The first-order valence-electron chi connectivity index (χ1n) is 12.0. The molecular weight excluding hydrogens is 500 g/mol. The van der Waals surface area contributed by atoms with Crippen molar-refractivity contribution in [2.75, 3.05) is 26.7 Å². The molecule has 0 saturated carbocycles. The molecule has 3 aromatic rings. The molecule has 0 bridgehead atoms. The Bertz CT molecular complexity index is 1320. The van der Waals surface area contributed by atoms with Crippen LogP contribution in [0, 0.1) is 23.1 Å². The molecule has 194 valence electrons. The van der Waals surface area contributed by atoms with Gasteiger partial charge in [-0.05, 0) is 68.1 Å². The quantitative estimate of drug-likeness (QED) is 0.242. The second-order valence-corrected chi connectivity index (χ2v) is 9.62. The van der Waals surface area contributed by atoms with Crippen molar-refractivity contribution in [3.8, 4) is 17.6 Å². The lowest BCUT2D eigenvalue weighted by Crippen LogP contribution is -2.48. The monoisotopic (exact) mass is 527 g/mol. The van der Waals surface area contributed by atoms with Gasteiger partial charge in [-0.2, -0.15) is 0 Å². The van der Waals surface area contributed by atoms with Crippen LogP contribution in [0.4, 0.5) is 8.78 Å². The van der Waals surface area contributed by atoms with E-state index in [9.17, 15) is 14.4 Å². The summed E-state index contributed by atoms with van der Waals surface area (Å²) in [5, 5.41) is 10.2. The molecule has 2 heterocycles. The van der Waals surface area contributed by atoms with Crippen molar-refractivity contribution in [3.05, 3.63) is 70.6 Å². The van der Waals surface area contributed by atoms with Crippen molar-refractivity contribution < 1.29 is 23.5 Å². The van der Waals surface area contributed by atoms with E-state index in [-0.39, 0.29) is 23.7 Å². The smallest absolute Gasteiger partial charge is 0.249 e. The van der Waals surface area contributed by atoms with E-state index in [1.54, 1.807) is 35.8 Å². The molecule has 0 aliphatic carbocycles. The van der Waals surface area contributed by atoms with Crippen LogP contribution in [0.1, 0.15) is 43.0 Å². The van der Waals surface area contributed by atoms with Gasteiger partial charge in [-0.25, -0.2) is 14.3 Å². The lowest BCUT2D eigenvalue weighted by Gasteiger charge is -2.40. The van der Waals surface area contributed by atoms with Gasteiger partial charge >= 0.3 is 0 Å². The van der Waals surface area contributed by atoms with Crippen LogP contribution >= 0.6 is 11.6 Å². The number of piperidine rings is 1. The van der Waals surface area contributed by atoms with Crippen LogP contribution in [0.5, 0.6) is 5.75 Å². The number of ether oxygens (including phenoxy) is 1. The van der Waals surface area contributed by atoms with Gasteiger partial charge in [0, 0.05) is 35.8 Å². The third-order valence-corrected chi connectivity index (χ3v) is 7.33. The molecule has 37 heavy (non-hydrogen) atoms. The maximum atomic E-state index is 15.7. The molecule has 1 atom stereocenters. The Labute approximate surface area is 219 Å². The van der Waals surface area contributed by atoms with Gasteiger partial charge in [0.2, 0.25) is 5.91 Å². The highest BCUT2D eigenvalue weighted by Crippen LogP contribution is 2.42. The van der Waals surface area contributed by atoms with Crippen LogP contribution in [0.2, 0.25) is 5.02 Å². The van der Waals surface area contributed by atoms with Gasteiger partial charge in [0.25, 0.3) is 0 Å². The number of nitrogens with one attached hydrogen (secondary N) is 1. The second kappa shape index (κ2) is 11.9. The number of alkyl halides is 1. The number of hydroxylamine groups is 1. The van der Waals surface area contributed by atoms with Crippen LogP contribution in [0.25, 0.3) is 10.9 Å². The van der Waals surface area contributed by atoms with E-state index in [1.807, 2.05) is 0 Å². The van der Waals surface area contributed by atoms with Gasteiger partial charge in [-0.1, -0.05) is 23.4 Å². The summed E-state index contributed by atoms with van der Waals surface area (Å²) < 4.78 is 34.0. The molecule has 2 N–H and O–H groups in total. The molecule has 0 spiro atoms. The van der Waals surface area contributed by atoms with Crippen molar-refractivity contribution in [3.63, 3.8) is 0 Å². The van der Waals surface area contributed by atoms with Crippen LogP contribution in [-0.2, 0) is 4.79 Å². The average Bonchev–Trinajstić information content (AvgIpc) is 2.92. The highest BCUT2D eigenvalue weighted by Gasteiger charge is 2.41. The average molecular weight is 528 g/mol. The number of hydrogen-bond donors (Lipinski definition) is 2. The summed E-state index contributed by atoms with van der Waals surface area (Å²) in [6.07, 6.45) is 1.17. The number of carbonyl (C=O) groups is 1. The first-order chi connectivity index (χ1) is 17.8. The fourth-order valence-electron chi connectivity index (χ4n) is 4.80. The van der Waals surface area contributed by atoms with E-state index >= 15 is 4.39 Å². The molecule has 1 aliphatic heterocycles. The normalized spacial score (nSPS) is 16.0. The van der Waals surface area contributed by atoms with Crippen LogP contribution in [0.3, 0.4) is 0 Å². The van der Waals surface area contributed by atoms with Gasteiger partial charge in [0.15, 0.2) is 0 Å². The SMILES string of the molecule is COc1ccc2ncc(Cl)c([C@H](F)CCC3(C(=O)NO)CCN(CC#Cc4ccc(F)cc4)CC3)c2c1. The minimum Gasteiger partial charge on any atom is -0.497 e. The number of nitrogens with zero attached hydrogens (tertiary/aromatic N) is 2. The van der Waals surface area contributed by atoms with Crippen molar-refractivity contribution >= 4 is 28.4 Å². The Morgan fingerprint density at radius 3 is 2.68 bits per heavy atom. The zero-order chi connectivity index (χ0) is 26.4. The van der Waals surface area contributed by atoms with E-state index in [0.717, 1.165) is 5.56 Å². The van der Waals surface area contributed by atoms with E-state index < -0.39 is 17.5 Å². The van der Waals surface area contributed by atoms with E-state index in [2.05, 4.69) is 21.7 Å². The molecule has 0 unspecified atom stereocenters. The summed E-state index contributed by atoms with van der Waals surface area (Å²) in [5.74, 6) is 5.83. The summed E-state index contributed by atoms with van der Waals surface area (Å²) in [5.41, 5.74) is 2.52. The summed E-state index contributed by atoms with van der Waals surface area (Å²) >= 11 is 6.36. The highest BCUT2D eigenvalue weighted by molar-refractivity contribution is 6.32.